The fourth-order valence-corrected chi connectivity index (χ4v) is 1.42. The number of aryl methyl sites for hydroxylation is 1. The molecule has 2 rings (SSSR count). The van der Waals surface area contributed by atoms with E-state index < -0.39 is 4.92 Å². The molecule has 7 heteroatoms. The molecule has 2 aromatic heterocycles. The van der Waals surface area contributed by atoms with E-state index >= 15 is 0 Å². The van der Waals surface area contributed by atoms with Gasteiger partial charge >= 0.3 is 5.69 Å². The molecule has 0 fully saturated rings. The Morgan fingerprint density at radius 3 is 3.06 bits per heavy atom. The van der Waals surface area contributed by atoms with Crippen LogP contribution in [0.4, 0.5) is 11.5 Å². The Bertz CT molecular complexity index is 504. The van der Waals surface area contributed by atoms with Gasteiger partial charge in [0, 0.05) is 6.54 Å². The van der Waals surface area contributed by atoms with E-state index in [1.807, 2.05) is 6.92 Å². The second-order valence-corrected chi connectivity index (χ2v) is 3.41. The van der Waals surface area contributed by atoms with Crippen LogP contribution in [0.2, 0.25) is 0 Å². The lowest BCUT2D eigenvalue weighted by molar-refractivity contribution is -0.384. The molecule has 0 radical (unpaired) electrons. The first-order valence-corrected chi connectivity index (χ1v) is 5.18. The van der Waals surface area contributed by atoms with Crippen molar-refractivity contribution in [1.29, 1.82) is 0 Å². The first-order valence-electron chi connectivity index (χ1n) is 5.18. The molecule has 0 aliphatic heterocycles. The summed E-state index contributed by atoms with van der Waals surface area (Å²) in [6.07, 6.45) is 2.96. The van der Waals surface area contributed by atoms with Crippen LogP contribution < -0.4 is 5.32 Å². The maximum atomic E-state index is 10.8. The summed E-state index contributed by atoms with van der Waals surface area (Å²) in [4.78, 5) is 10.3. The van der Waals surface area contributed by atoms with Crippen molar-refractivity contribution in [2.24, 2.45) is 0 Å². The first-order chi connectivity index (χ1) is 8.20. The molecule has 0 aliphatic rings. The van der Waals surface area contributed by atoms with Gasteiger partial charge in [-0.15, -0.1) is 5.10 Å². The number of anilines is 1. The Labute approximate surface area is 97.2 Å². The molecule has 0 saturated heterocycles. The molecule has 17 heavy (non-hydrogen) atoms. The zero-order valence-corrected chi connectivity index (χ0v) is 9.29. The molecule has 2 heterocycles. The Morgan fingerprint density at radius 2 is 2.47 bits per heavy atom. The normalized spacial score (nSPS) is 10.4. The van der Waals surface area contributed by atoms with Gasteiger partial charge in [0.25, 0.3) is 0 Å². The van der Waals surface area contributed by atoms with Gasteiger partial charge in [0.2, 0.25) is 5.82 Å². The van der Waals surface area contributed by atoms with Gasteiger partial charge in [0.15, 0.2) is 0 Å². The predicted molar refractivity (Wildman–Crippen MR) is 60.6 cm³/mol. The Hall–Kier alpha value is -2.31. The number of nitrogens with one attached hydrogen (secondary N) is 1. The highest BCUT2D eigenvalue weighted by Gasteiger charge is 2.18. The standard InChI is InChI=1S/C10H12N4O3/c1-2-13-7-9(14(15)16)10(12-13)11-6-8-4-3-5-17-8/h3-5,7H,2,6H2,1H3,(H,11,12). The van der Waals surface area contributed by atoms with Crippen molar-refractivity contribution in [3.63, 3.8) is 0 Å². The van der Waals surface area contributed by atoms with Crippen molar-refractivity contribution >= 4 is 11.5 Å². The van der Waals surface area contributed by atoms with Crippen LogP contribution in [0.3, 0.4) is 0 Å². The van der Waals surface area contributed by atoms with Crippen LogP contribution in [0.5, 0.6) is 0 Å². The second kappa shape index (κ2) is 4.69. The molecule has 0 aliphatic carbocycles. The van der Waals surface area contributed by atoms with Gasteiger partial charge < -0.3 is 9.73 Å². The van der Waals surface area contributed by atoms with Crippen LogP contribution in [0, 0.1) is 10.1 Å². The topological polar surface area (TPSA) is 86.1 Å². The number of nitro groups is 1. The van der Waals surface area contributed by atoms with Crippen molar-refractivity contribution in [1.82, 2.24) is 9.78 Å². The first kappa shape index (κ1) is 11.2. The molecule has 0 unspecified atom stereocenters. The summed E-state index contributed by atoms with van der Waals surface area (Å²) >= 11 is 0. The zero-order chi connectivity index (χ0) is 12.3. The maximum Gasteiger partial charge on any atom is 0.330 e. The third kappa shape index (κ3) is 2.44. The van der Waals surface area contributed by atoms with Gasteiger partial charge in [0.05, 0.1) is 17.7 Å². The second-order valence-electron chi connectivity index (χ2n) is 3.41. The summed E-state index contributed by atoms with van der Waals surface area (Å²) in [5.41, 5.74) is -0.0293. The molecule has 2 aromatic rings. The van der Waals surface area contributed by atoms with Gasteiger partial charge in [-0.1, -0.05) is 0 Å². The quantitative estimate of drug-likeness (QED) is 0.634. The average Bonchev–Trinajstić information content (AvgIpc) is 2.95. The van der Waals surface area contributed by atoms with Crippen molar-refractivity contribution < 1.29 is 9.34 Å². The fraction of sp³-hybridized carbons (Fsp3) is 0.300. The molecule has 7 nitrogen and oxygen atoms in total. The molecule has 0 bridgehead atoms. The summed E-state index contributed by atoms with van der Waals surface area (Å²) in [6.45, 7) is 2.82. The third-order valence-electron chi connectivity index (χ3n) is 2.27. The summed E-state index contributed by atoms with van der Waals surface area (Å²) in [7, 11) is 0. The molecule has 90 valence electrons. The number of hydrogen-bond acceptors (Lipinski definition) is 5. The largest absolute Gasteiger partial charge is 0.467 e. The minimum Gasteiger partial charge on any atom is -0.467 e. The summed E-state index contributed by atoms with van der Waals surface area (Å²) in [6, 6.07) is 3.55. The minimum atomic E-state index is -0.455. The van der Waals surface area contributed by atoms with E-state index in [0.29, 0.717) is 18.8 Å². The summed E-state index contributed by atoms with van der Waals surface area (Å²) < 4.78 is 6.64. The smallest absolute Gasteiger partial charge is 0.330 e. The van der Waals surface area contributed by atoms with Crippen molar-refractivity contribution in [2.45, 2.75) is 20.0 Å². The highest BCUT2D eigenvalue weighted by Crippen LogP contribution is 2.22. The zero-order valence-electron chi connectivity index (χ0n) is 9.29. The van der Waals surface area contributed by atoms with E-state index in [1.165, 1.54) is 10.9 Å². The maximum absolute atomic E-state index is 10.8. The van der Waals surface area contributed by atoms with Crippen LogP contribution >= 0.6 is 0 Å². The van der Waals surface area contributed by atoms with E-state index in [2.05, 4.69) is 10.4 Å². The SMILES string of the molecule is CCn1cc([N+](=O)[O-])c(NCc2ccco2)n1. The molecule has 1 N–H and O–H groups in total. The van der Waals surface area contributed by atoms with Crippen LogP contribution in [0.25, 0.3) is 0 Å². The molecule has 0 spiro atoms. The van der Waals surface area contributed by atoms with E-state index in [-0.39, 0.29) is 11.5 Å². The average molecular weight is 236 g/mol. The lowest BCUT2D eigenvalue weighted by Gasteiger charge is -1.99. The highest BCUT2D eigenvalue weighted by molar-refractivity contribution is 5.54. The number of hydrogen-bond donors (Lipinski definition) is 1. The van der Waals surface area contributed by atoms with E-state index in [9.17, 15) is 10.1 Å². The van der Waals surface area contributed by atoms with Crippen molar-refractivity contribution in [3.05, 3.63) is 40.5 Å². The number of aromatic nitrogens is 2. The summed E-state index contributed by atoms with van der Waals surface area (Å²) in [5, 5.41) is 17.8. The number of furan rings is 1. The summed E-state index contributed by atoms with van der Waals surface area (Å²) in [5.74, 6) is 0.957. The molecular weight excluding hydrogens is 224 g/mol. The number of rotatable bonds is 5. The number of nitrogens with zero attached hydrogens (tertiary/aromatic N) is 3. The lowest BCUT2D eigenvalue weighted by Crippen LogP contribution is -2.02. The molecule has 0 aromatic carbocycles. The molecule has 0 amide bonds. The van der Waals surface area contributed by atoms with Gasteiger partial charge in [-0.3, -0.25) is 14.8 Å². The van der Waals surface area contributed by atoms with Crippen LogP contribution in [0.1, 0.15) is 12.7 Å². The van der Waals surface area contributed by atoms with Gasteiger partial charge in [-0.25, -0.2) is 0 Å². The Balaban J connectivity index is 2.13. The van der Waals surface area contributed by atoms with Crippen LogP contribution in [-0.2, 0) is 13.1 Å². The monoisotopic (exact) mass is 236 g/mol. The predicted octanol–water partition coefficient (Wildman–Crippen LogP) is 2.02. The van der Waals surface area contributed by atoms with Crippen LogP contribution in [0.15, 0.2) is 29.0 Å². The van der Waals surface area contributed by atoms with E-state index in [1.54, 1.807) is 18.4 Å². The Morgan fingerprint density at radius 1 is 1.65 bits per heavy atom. The van der Waals surface area contributed by atoms with Gasteiger partial charge in [-0.05, 0) is 19.1 Å². The van der Waals surface area contributed by atoms with Crippen molar-refractivity contribution in [3.8, 4) is 0 Å². The van der Waals surface area contributed by atoms with Crippen LogP contribution in [-0.4, -0.2) is 14.7 Å². The minimum absolute atomic E-state index is 0.0293. The molecule has 0 atom stereocenters. The molecule has 0 saturated carbocycles. The third-order valence-corrected chi connectivity index (χ3v) is 2.27. The fourth-order valence-electron chi connectivity index (χ4n) is 1.42. The Kier molecular flexibility index (Phi) is 3.08. The van der Waals surface area contributed by atoms with Crippen molar-refractivity contribution in [2.75, 3.05) is 5.32 Å². The lowest BCUT2D eigenvalue weighted by atomic mass is 10.4. The van der Waals surface area contributed by atoms with E-state index in [0.717, 1.165) is 0 Å². The van der Waals surface area contributed by atoms with Gasteiger partial charge in [0.1, 0.15) is 12.0 Å². The van der Waals surface area contributed by atoms with E-state index in [4.69, 9.17) is 4.42 Å². The highest BCUT2D eigenvalue weighted by atomic mass is 16.6. The molecular formula is C10H12N4O3. The van der Waals surface area contributed by atoms with Gasteiger partial charge in [-0.2, -0.15) is 0 Å².